The van der Waals surface area contributed by atoms with E-state index in [0.29, 0.717) is 29.4 Å². The smallest absolute Gasteiger partial charge is 0.349 e. The van der Waals surface area contributed by atoms with Gasteiger partial charge in [0.2, 0.25) is 5.88 Å². The predicted octanol–water partition coefficient (Wildman–Crippen LogP) is 6.09. The van der Waals surface area contributed by atoms with E-state index in [4.69, 9.17) is 24.7 Å². The van der Waals surface area contributed by atoms with Gasteiger partial charge in [-0.1, -0.05) is 66.2 Å². The minimum atomic E-state index is -0.557. The highest BCUT2D eigenvalue weighted by Gasteiger charge is 2.31. The molecule has 7 nitrogen and oxygen atoms in total. The number of benzene rings is 4. The molecule has 0 amide bonds. The van der Waals surface area contributed by atoms with Gasteiger partial charge in [-0.05, 0) is 54.8 Å². The lowest BCUT2D eigenvalue weighted by molar-refractivity contribution is -0.136. The van der Waals surface area contributed by atoms with Crippen LogP contribution < -0.4 is 24.7 Å². The van der Waals surface area contributed by atoms with Gasteiger partial charge in [-0.3, -0.25) is 0 Å². The second kappa shape index (κ2) is 11.7. The second-order valence-corrected chi connectivity index (χ2v) is 9.50. The molecule has 0 saturated carbocycles. The van der Waals surface area contributed by atoms with E-state index in [1.54, 1.807) is 24.3 Å². The maximum atomic E-state index is 12.4. The van der Waals surface area contributed by atoms with Gasteiger partial charge < -0.3 is 24.7 Å². The van der Waals surface area contributed by atoms with Crippen molar-refractivity contribution in [2.75, 3.05) is 6.61 Å². The number of para-hydroxylation sites is 1. The van der Waals surface area contributed by atoms with E-state index < -0.39 is 11.9 Å². The minimum Gasteiger partial charge on any atom is -0.489 e. The Labute approximate surface area is 233 Å². The zero-order valence-corrected chi connectivity index (χ0v) is 22.2. The molecule has 0 bridgehead atoms. The first-order valence-electron chi connectivity index (χ1n) is 12.8. The van der Waals surface area contributed by atoms with Gasteiger partial charge in [0, 0.05) is 11.6 Å². The lowest BCUT2D eigenvalue weighted by atomic mass is 9.83. The largest absolute Gasteiger partial charge is 0.489 e. The van der Waals surface area contributed by atoms with E-state index in [9.17, 15) is 10.1 Å². The van der Waals surface area contributed by atoms with Crippen LogP contribution in [0.4, 0.5) is 0 Å². The van der Waals surface area contributed by atoms with Crippen LogP contribution in [0.15, 0.2) is 102 Å². The third-order valence-corrected chi connectivity index (χ3v) is 6.60. The third-order valence-electron chi connectivity index (χ3n) is 6.60. The molecule has 200 valence electrons. The molecule has 7 heteroatoms. The first-order valence-corrected chi connectivity index (χ1v) is 12.8. The van der Waals surface area contributed by atoms with Crippen molar-refractivity contribution >= 4 is 5.97 Å². The van der Waals surface area contributed by atoms with Crippen molar-refractivity contribution in [2.24, 2.45) is 5.73 Å². The first-order chi connectivity index (χ1) is 19.4. The van der Waals surface area contributed by atoms with E-state index in [0.717, 1.165) is 22.3 Å². The van der Waals surface area contributed by atoms with Gasteiger partial charge in [0.15, 0.2) is 6.61 Å². The fourth-order valence-corrected chi connectivity index (χ4v) is 4.47. The highest BCUT2D eigenvalue weighted by atomic mass is 16.6. The Morgan fingerprint density at radius 3 is 2.38 bits per heavy atom. The quantitative estimate of drug-likeness (QED) is 0.216. The van der Waals surface area contributed by atoms with Crippen molar-refractivity contribution in [2.45, 2.75) is 26.4 Å². The van der Waals surface area contributed by atoms with Crippen LogP contribution in [0, 0.1) is 25.2 Å². The topological polar surface area (TPSA) is 104 Å². The number of hydrogen-bond acceptors (Lipinski definition) is 7. The summed E-state index contributed by atoms with van der Waals surface area (Å²) in [4.78, 5) is 12.4. The fraction of sp³-hybridized carbons (Fsp3) is 0.152. The summed E-state index contributed by atoms with van der Waals surface area (Å²) in [6, 6.07) is 30.4. The van der Waals surface area contributed by atoms with E-state index >= 15 is 0 Å². The van der Waals surface area contributed by atoms with E-state index in [1.165, 1.54) is 5.56 Å². The molecule has 0 radical (unpaired) electrons. The van der Waals surface area contributed by atoms with Gasteiger partial charge in [0.1, 0.15) is 41.2 Å². The Morgan fingerprint density at radius 2 is 1.65 bits per heavy atom. The molecule has 1 unspecified atom stereocenters. The summed E-state index contributed by atoms with van der Waals surface area (Å²) in [7, 11) is 0. The number of allylic oxidation sites excluding steroid dienone is 1. The number of ether oxygens (including phenoxy) is 4. The number of nitriles is 1. The third kappa shape index (κ3) is 5.92. The molecule has 0 spiro atoms. The van der Waals surface area contributed by atoms with Crippen molar-refractivity contribution in [3.63, 3.8) is 0 Å². The van der Waals surface area contributed by atoms with Crippen LogP contribution in [-0.2, 0) is 11.4 Å². The molecule has 1 atom stereocenters. The van der Waals surface area contributed by atoms with E-state index in [1.807, 2.05) is 68.4 Å². The van der Waals surface area contributed by atoms with Gasteiger partial charge in [-0.25, -0.2) is 4.79 Å². The van der Waals surface area contributed by atoms with Crippen molar-refractivity contribution in [3.05, 3.63) is 130 Å². The molecular formula is C33H28N2O5. The molecule has 0 saturated heterocycles. The van der Waals surface area contributed by atoms with Crippen molar-refractivity contribution in [1.82, 2.24) is 0 Å². The van der Waals surface area contributed by atoms with Gasteiger partial charge in [0.25, 0.3) is 0 Å². The van der Waals surface area contributed by atoms with Crippen LogP contribution in [0.2, 0.25) is 0 Å². The van der Waals surface area contributed by atoms with Gasteiger partial charge in [-0.15, -0.1) is 0 Å². The Kier molecular flexibility index (Phi) is 7.70. The molecule has 1 heterocycles. The highest BCUT2D eigenvalue weighted by molar-refractivity contribution is 5.74. The molecule has 1 aliphatic heterocycles. The van der Waals surface area contributed by atoms with Gasteiger partial charge in [0.05, 0.1) is 5.92 Å². The first kappa shape index (κ1) is 26.4. The maximum absolute atomic E-state index is 12.4. The van der Waals surface area contributed by atoms with E-state index in [-0.39, 0.29) is 18.2 Å². The number of nitrogens with two attached hydrogens (primary N) is 1. The number of hydrogen-bond donors (Lipinski definition) is 1. The molecule has 4 aromatic rings. The molecule has 4 aromatic carbocycles. The molecule has 40 heavy (non-hydrogen) atoms. The molecule has 0 aliphatic carbocycles. The summed E-state index contributed by atoms with van der Waals surface area (Å²) in [5, 5.41) is 9.87. The Morgan fingerprint density at radius 1 is 0.925 bits per heavy atom. The molecule has 5 rings (SSSR count). The average molecular weight is 533 g/mol. The number of aryl methyl sites for hydroxylation is 2. The number of carbonyl (C=O) groups is 1. The molecule has 1 aliphatic rings. The Bertz CT molecular complexity index is 1600. The zero-order chi connectivity index (χ0) is 28.1. The lowest BCUT2D eigenvalue weighted by Crippen LogP contribution is -2.21. The normalized spacial score (nSPS) is 14.0. The number of fused-ring (bicyclic) bond motifs is 1. The zero-order valence-electron chi connectivity index (χ0n) is 22.2. The summed E-state index contributed by atoms with van der Waals surface area (Å²) < 4.78 is 22.8. The van der Waals surface area contributed by atoms with Crippen LogP contribution in [0.1, 0.15) is 33.7 Å². The fourth-order valence-electron chi connectivity index (χ4n) is 4.47. The van der Waals surface area contributed by atoms with Gasteiger partial charge >= 0.3 is 5.97 Å². The summed E-state index contributed by atoms with van der Waals surface area (Å²) in [6.45, 7) is 4.15. The van der Waals surface area contributed by atoms with Crippen molar-refractivity contribution < 1.29 is 23.7 Å². The van der Waals surface area contributed by atoms with Crippen molar-refractivity contribution in [1.29, 1.82) is 5.26 Å². The lowest BCUT2D eigenvalue weighted by Gasteiger charge is -2.26. The van der Waals surface area contributed by atoms with Crippen LogP contribution >= 0.6 is 0 Å². The number of esters is 1. The van der Waals surface area contributed by atoms with Crippen LogP contribution in [0.3, 0.4) is 0 Å². The maximum Gasteiger partial charge on any atom is 0.349 e. The van der Waals surface area contributed by atoms with Crippen molar-refractivity contribution in [3.8, 4) is 29.1 Å². The number of carbonyl (C=O) groups excluding carboxylic acids is 1. The molecular weight excluding hydrogens is 504 g/mol. The molecule has 2 N–H and O–H groups in total. The predicted molar refractivity (Wildman–Crippen MR) is 150 cm³/mol. The van der Waals surface area contributed by atoms with Crippen LogP contribution in [0.5, 0.6) is 23.0 Å². The number of rotatable bonds is 8. The Hall–Kier alpha value is -5.22. The summed E-state index contributed by atoms with van der Waals surface area (Å²) in [5.74, 6) is 1.01. The summed E-state index contributed by atoms with van der Waals surface area (Å²) >= 11 is 0. The average Bonchev–Trinajstić information content (AvgIpc) is 2.96. The standard InChI is InChI=1S/C33H28N2O5/c1-21-7-9-23(10-8-21)19-37-25-13-11-24(12-14-25)32-27-16-15-26(17-30(27)40-33(35)28(32)18-34)39-31(36)20-38-29-6-4-3-5-22(29)2/h3-17,32H,19-20,35H2,1-2H3. The minimum absolute atomic E-state index is 0.00561. The van der Waals surface area contributed by atoms with Gasteiger partial charge in [-0.2, -0.15) is 5.26 Å². The van der Waals surface area contributed by atoms with Crippen LogP contribution in [-0.4, -0.2) is 12.6 Å². The highest BCUT2D eigenvalue weighted by Crippen LogP contribution is 2.43. The Balaban J connectivity index is 1.30. The number of nitrogens with zero attached hydrogens (tertiary/aromatic N) is 1. The SMILES string of the molecule is Cc1ccc(COc2ccc(C3C(C#N)=C(N)Oc4cc(OC(=O)COc5ccccc5C)ccc43)cc2)cc1. The second-order valence-electron chi connectivity index (χ2n) is 9.50. The molecule has 0 aromatic heterocycles. The monoisotopic (exact) mass is 532 g/mol. The van der Waals surface area contributed by atoms with Crippen LogP contribution in [0.25, 0.3) is 0 Å². The summed E-state index contributed by atoms with van der Waals surface area (Å²) in [6.07, 6.45) is 0. The molecule has 0 fully saturated rings. The van der Waals surface area contributed by atoms with E-state index in [2.05, 4.69) is 18.2 Å². The summed E-state index contributed by atoms with van der Waals surface area (Å²) in [5.41, 5.74) is 11.2.